The summed E-state index contributed by atoms with van der Waals surface area (Å²) in [6.07, 6.45) is 1.84. The number of methoxy groups -OCH3 is 1. The molecular weight excluding hydrogens is 450 g/mol. The van der Waals surface area contributed by atoms with E-state index in [0.717, 1.165) is 15.7 Å². The van der Waals surface area contributed by atoms with Crippen molar-refractivity contribution in [2.75, 3.05) is 26.1 Å². The number of ether oxygens (including phenoxy) is 1. The Hall–Kier alpha value is -1.96. The van der Waals surface area contributed by atoms with Crippen LogP contribution in [0.3, 0.4) is 0 Å². The summed E-state index contributed by atoms with van der Waals surface area (Å²) < 4.78 is 6.25. The smallest absolute Gasteiger partial charge is 0.264 e. The standard InChI is InChI=1S/C19H17BrClN3O2S/c1-24(2)15-6-4-11(8-13(15)20)9-17-18(25)23-19(27-17)22-14-10-12(21)5-7-16(14)26-3/h4-10H,1-3H3,(H,22,23,25)/b17-9-. The third-order valence-corrected chi connectivity index (χ3v) is 5.55. The van der Waals surface area contributed by atoms with E-state index in [1.807, 2.05) is 43.3 Å². The van der Waals surface area contributed by atoms with Crippen molar-refractivity contribution in [3.63, 3.8) is 0 Å². The monoisotopic (exact) mass is 465 g/mol. The molecule has 1 heterocycles. The molecule has 0 saturated carbocycles. The minimum Gasteiger partial charge on any atom is -0.494 e. The lowest BCUT2D eigenvalue weighted by Gasteiger charge is -2.14. The molecule has 1 fully saturated rings. The molecule has 2 aromatic carbocycles. The number of hydrogen-bond acceptors (Lipinski definition) is 5. The van der Waals surface area contributed by atoms with Crippen LogP contribution in [0.25, 0.3) is 6.08 Å². The van der Waals surface area contributed by atoms with Crippen molar-refractivity contribution in [2.45, 2.75) is 0 Å². The summed E-state index contributed by atoms with van der Waals surface area (Å²) >= 11 is 10.9. The lowest BCUT2D eigenvalue weighted by Crippen LogP contribution is -2.19. The summed E-state index contributed by atoms with van der Waals surface area (Å²) in [5.41, 5.74) is 2.55. The van der Waals surface area contributed by atoms with Crippen LogP contribution < -0.4 is 15.0 Å². The number of benzene rings is 2. The minimum atomic E-state index is -0.187. The van der Waals surface area contributed by atoms with Crippen LogP contribution in [0.5, 0.6) is 5.75 Å². The van der Waals surface area contributed by atoms with E-state index in [1.165, 1.54) is 11.8 Å². The molecule has 5 nitrogen and oxygen atoms in total. The Kier molecular flexibility index (Phi) is 6.14. The number of carbonyl (C=O) groups is 1. The van der Waals surface area contributed by atoms with Crippen molar-refractivity contribution in [1.82, 2.24) is 5.32 Å². The molecule has 140 valence electrons. The number of nitrogens with one attached hydrogen (secondary N) is 1. The highest BCUT2D eigenvalue weighted by Crippen LogP contribution is 2.34. The van der Waals surface area contributed by atoms with Crippen molar-refractivity contribution < 1.29 is 9.53 Å². The molecule has 1 aliphatic heterocycles. The zero-order valence-electron chi connectivity index (χ0n) is 14.9. The molecular formula is C19H17BrClN3O2S. The van der Waals surface area contributed by atoms with Gasteiger partial charge in [-0.05, 0) is 69.7 Å². The van der Waals surface area contributed by atoms with Gasteiger partial charge < -0.3 is 15.0 Å². The highest BCUT2D eigenvalue weighted by atomic mass is 79.9. The zero-order valence-corrected chi connectivity index (χ0v) is 18.1. The van der Waals surface area contributed by atoms with E-state index < -0.39 is 0 Å². The quantitative estimate of drug-likeness (QED) is 0.639. The Morgan fingerprint density at radius 3 is 2.70 bits per heavy atom. The van der Waals surface area contributed by atoms with Crippen molar-refractivity contribution in [3.05, 3.63) is 56.4 Å². The number of anilines is 1. The van der Waals surface area contributed by atoms with Gasteiger partial charge >= 0.3 is 0 Å². The largest absolute Gasteiger partial charge is 0.494 e. The third-order valence-electron chi connectivity index (χ3n) is 3.77. The summed E-state index contributed by atoms with van der Waals surface area (Å²) in [5.74, 6) is 0.398. The molecule has 0 aliphatic carbocycles. The van der Waals surface area contributed by atoms with Crippen molar-refractivity contribution >= 4 is 67.8 Å². The molecule has 0 unspecified atom stereocenters. The number of hydrogen-bond donors (Lipinski definition) is 1. The molecule has 0 atom stereocenters. The normalized spacial score (nSPS) is 16.7. The van der Waals surface area contributed by atoms with E-state index in [1.54, 1.807) is 25.3 Å². The predicted molar refractivity (Wildman–Crippen MR) is 117 cm³/mol. The molecule has 0 bridgehead atoms. The van der Waals surface area contributed by atoms with E-state index in [4.69, 9.17) is 16.3 Å². The third kappa shape index (κ3) is 4.66. The molecule has 1 amide bonds. The van der Waals surface area contributed by atoms with Crippen LogP contribution in [0.1, 0.15) is 5.56 Å². The molecule has 0 radical (unpaired) electrons. The number of carbonyl (C=O) groups excluding carboxylic acids is 1. The average molecular weight is 467 g/mol. The fourth-order valence-corrected chi connectivity index (χ4v) is 4.22. The van der Waals surface area contributed by atoms with Crippen molar-refractivity contribution in [3.8, 4) is 5.75 Å². The van der Waals surface area contributed by atoms with E-state index in [0.29, 0.717) is 26.5 Å². The van der Waals surface area contributed by atoms with Gasteiger partial charge in [0.1, 0.15) is 11.4 Å². The van der Waals surface area contributed by atoms with Crippen LogP contribution >= 0.6 is 39.3 Å². The molecule has 27 heavy (non-hydrogen) atoms. The number of nitrogens with zero attached hydrogens (tertiary/aromatic N) is 2. The second-order valence-corrected chi connectivity index (χ2v) is 8.22. The molecule has 1 saturated heterocycles. The lowest BCUT2D eigenvalue weighted by molar-refractivity contribution is -0.115. The fraction of sp³-hybridized carbons (Fsp3) is 0.158. The molecule has 8 heteroatoms. The van der Waals surface area contributed by atoms with Crippen LogP contribution in [-0.2, 0) is 4.79 Å². The average Bonchev–Trinajstić information content (AvgIpc) is 2.94. The van der Waals surface area contributed by atoms with Crippen LogP contribution in [0, 0.1) is 0 Å². The van der Waals surface area contributed by atoms with E-state index in [-0.39, 0.29) is 5.91 Å². The van der Waals surface area contributed by atoms with E-state index >= 15 is 0 Å². The first-order valence-corrected chi connectivity index (χ1v) is 9.96. The van der Waals surface area contributed by atoms with Gasteiger partial charge in [-0.2, -0.15) is 0 Å². The van der Waals surface area contributed by atoms with Gasteiger partial charge in [0.25, 0.3) is 5.91 Å². The van der Waals surface area contributed by atoms with E-state index in [9.17, 15) is 4.79 Å². The number of halogens is 2. The zero-order chi connectivity index (χ0) is 19.6. The van der Waals surface area contributed by atoms with Crippen LogP contribution in [-0.4, -0.2) is 32.3 Å². The lowest BCUT2D eigenvalue weighted by atomic mass is 10.2. The van der Waals surface area contributed by atoms with E-state index in [2.05, 4.69) is 26.2 Å². The second kappa shape index (κ2) is 8.37. The van der Waals surface area contributed by atoms with Gasteiger partial charge in [-0.15, -0.1) is 0 Å². The summed E-state index contributed by atoms with van der Waals surface area (Å²) in [5, 5.41) is 3.80. The molecule has 1 aliphatic rings. The van der Waals surface area contributed by atoms with Gasteiger partial charge in [-0.1, -0.05) is 17.7 Å². The maximum atomic E-state index is 12.3. The van der Waals surface area contributed by atoms with Crippen molar-refractivity contribution in [1.29, 1.82) is 0 Å². The summed E-state index contributed by atoms with van der Waals surface area (Å²) in [7, 11) is 5.52. The number of amides is 1. The Morgan fingerprint density at radius 2 is 2.04 bits per heavy atom. The highest BCUT2D eigenvalue weighted by molar-refractivity contribution is 9.10. The summed E-state index contributed by atoms with van der Waals surface area (Å²) in [4.78, 5) is 19.4. The number of thioether (sulfide) groups is 1. The Labute approximate surface area is 175 Å². The maximum absolute atomic E-state index is 12.3. The Morgan fingerprint density at radius 1 is 1.26 bits per heavy atom. The predicted octanol–water partition coefficient (Wildman–Crippen LogP) is 5.07. The number of amidine groups is 1. The van der Waals surface area contributed by atoms with Gasteiger partial charge in [-0.25, -0.2) is 4.99 Å². The molecule has 0 spiro atoms. The number of aliphatic imine (C=N–C) groups is 1. The Bertz CT molecular complexity index is 960. The first kappa shape index (κ1) is 19.8. The topological polar surface area (TPSA) is 53.9 Å². The van der Waals surface area contributed by atoms with Gasteiger partial charge in [0.2, 0.25) is 0 Å². The molecule has 0 aromatic heterocycles. The molecule has 3 rings (SSSR count). The highest BCUT2D eigenvalue weighted by Gasteiger charge is 2.24. The van der Waals surface area contributed by atoms with Crippen molar-refractivity contribution in [2.24, 2.45) is 4.99 Å². The first-order chi connectivity index (χ1) is 12.9. The fourth-order valence-electron chi connectivity index (χ4n) is 2.47. The Balaban J connectivity index is 1.86. The summed E-state index contributed by atoms with van der Waals surface area (Å²) in [6, 6.07) is 11.1. The van der Waals surface area contributed by atoms with Gasteiger partial charge in [0, 0.05) is 23.6 Å². The minimum absolute atomic E-state index is 0.187. The van der Waals surface area contributed by atoms with Gasteiger partial charge in [-0.3, -0.25) is 4.79 Å². The summed E-state index contributed by atoms with van der Waals surface area (Å²) in [6.45, 7) is 0. The van der Waals surface area contributed by atoms with Crippen LogP contribution in [0.15, 0.2) is 50.8 Å². The van der Waals surface area contributed by atoms with Crippen LogP contribution in [0.2, 0.25) is 5.02 Å². The van der Waals surface area contributed by atoms with Crippen LogP contribution in [0.4, 0.5) is 11.4 Å². The second-order valence-electron chi connectivity index (χ2n) is 5.90. The molecule has 2 aromatic rings. The van der Waals surface area contributed by atoms with Gasteiger partial charge in [0.05, 0.1) is 17.7 Å². The number of rotatable bonds is 4. The SMILES string of the molecule is COc1ccc(Cl)cc1N=C1NC(=O)/C(=C/c2ccc(N(C)C)c(Br)c2)S1. The van der Waals surface area contributed by atoms with Gasteiger partial charge in [0.15, 0.2) is 5.17 Å². The molecule has 1 N–H and O–H groups in total. The first-order valence-electron chi connectivity index (χ1n) is 7.97. The maximum Gasteiger partial charge on any atom is 0.264 e.